The van der Waals surface area contributed by atoms with Crippen molar-refractivity contribution in [2.24, 2.45) is 5.41 Å². The first-order valence-corrected chi connectivity index (χ1v) is 9.55. The number of unbranched alkanes of at least 4 members (excludes halogenated alkanes) is 1. The topological polar surface area (TPSA) is 62.3 Å². The molecule has 1 aliphatic heterocycles. The Kier molecular flexibility index (Phi) is 5.40. The summed E-state index contributed by atoms with van der Waals surface area (Å²) in [4.78, 5) is 31.2. The van der Waals surface area contributed by atoms with Crippen molar-refractivity contribution >= 4 is 11.8 Å². The Balaban J connectivity index is 1.64. The molecule has 1 atom stereocenters. The number of hydrogen-bond acceptors (Lipinski definition) is 3. The van der Waals surface area contributed by atoms with Gasteiger partial charge in [-0.3, -0.25) is 14.6 Å². The van der Waals surface area contributed by atoms with Crippen LogP contribution >= 0.6 is 0 Å². The number of pyridine rings is 1. The van der Waals surface area contributed by atoms with Crippen molar-refractivity contribution in [2.75, 3.05) is 13.1 Å². The van der Waals surface area contributed by atoms with Crippen molar-refractivity contribution in [1.82, 2.24) is 15.2 Å². The Labute approximate surface area is 150 Å². The third-order valence-electron chi connectivity index (χ3n) is 5.83. The molecule has 2 amide bonds. The minimum Gasteiger partial charge on any atom is -0.347 e. The molecule has 1 spiro atoms. The van der Waals surface area contributed by atoms with Gasteiger partial charge in [-0.2, -0.15) is 0 Å². The number of nitrogens with zero attached hydrogens (tertiary/aromatic N) is 2. The van der Waals surface area contributed by atoms with Gasteiger partial charge in [0.05, 0.1) is 0 Å². The standard InChI is InChI=1S/C20H29N3O2/c1-3-4-6-18(24)23-12-9-17(20(14-23)10-5-11-20)22-19(25)16-8-7-15(2)13-21-16/h7-8,13,17H,3-6,9-12,14H2,1-2H3,(H,22,25). The average molecular weight is 343 g/mol. The summed E-state index contributed by atoms with van der Waals surface area (Å²) < 4.78 is 0. The number of amides is 2. The predicted octanol–water partition coefficient (Wildman–Crippen LogP) is 3.08. The summed E-state index contributed by atoms with van der Waals surface area (Å²) in [5.74, 6) is 0.181. The van der Waals surface area contributed by atoms with E-state index in [0.29, 0.717) is 12.1 Å². The fourth-order valence-corrected chi connectivity index (χ4v) is 4.06. The number of hydrogen-bond donors (Lipinski definition) is 1. The molecular formula is C20H29N3O2. The number of aromatic nitrogens is 1. The van der Waals surface area contributed by atoms with Crippen LogP contribution in [0.3, 0.4) is 0 Å². The van der Waals surface area contributed by atoms with Gasteiger partial charge in [-0.15, -0.1) is 0 Å². The molecule has 0 radical (unpaired) electrons. The van der Waals surface area contributed by atoms with Gasteiger partial charge in [-0.1, -0.05) is 25.8 Å². The lowest BCUT2D eigenvalue weighted by molar-refractivity contribution is -0.137. The smallest absolute Gasteiger partial charge is 0.270 e. The summed E-state index contributed by atoms with van der Waals surface area (Å²) in [6, 6.07) is 3.84. The Morgan fingerprint density at radius 2 is 2.16 bits per heavy atom. The van der Waals surface area contributed by atoms with E-state index in [4.69, 9.17) is 0 Å². The minimum atomic E-state index is -0.0953. The molecule has 0 aromatic carbocycles. The van der Waals surface area contributed by atoms with Crippen molar-refractivity contribution in [3.8, 4) is 0 Å². The normalized spacial score (nSPS) is 21.7. The highest BCUT2D eigenvalue weighted by Gasteiger charge is 2.49. The van der Waals surface area contributed by atoms with E-state index in [1.807, 2.05) is 17.9 Å². The van der Waals surface area contributed by atoms with Gasteiger partial charge in [-0.05, 0) is 44.2 Å². The van der Waals surface area contributed by atoms with Crippen LogP contribution in [0.25, 0.3) is 0 Å². The van der Waals surface area contributed by atoms with Crippen molar-refractivity contribution < 1.29 is 9.59 Å². The van der Waals surface area contributed by atoms with Crippen LogP contribution in [0.2, 0.25) is 0 Å². The molecule has 5 nitrogen and oxygen atoms in total. The molecule has 2 aliphatic rings. The number of piperidine rings is 1. The van der Waals surface area contributed by atoms with Gasteiger partial charge < -0.3 is 10.2 Å². The summed E-state index contributed by atoms with van der Waals surface area (Å²) in [5, 5.41) is 3.21. The fourth-order valence-electron chi connectivity index (χ4n) is 4.06. The van der Waals surface area contributed by atoms with Crippen LogP contribution in [-0.2, 0) is 4.79 Å². The average Bonchev–Trinajstić information content (AvgIpc) is 2.59. The zero-order valence-corrected chi connectivity index (χ0v) is 15.4. The van der Waals surface area contributed by atoms with Crippen LogP contribution in [0, 0.1) is 12.3 Å². The summed E-state index contributed by atoms with van der Waals surface area (Å²) in [6.45, 7) is 5.61. The Morgan fingerprint density at radius 3 is 2.76 bits per heavy atom. The number of carbonyl (C=O) groups is 2. The summed E-state index contributed by atoms with van der Waals surface area (Å²) in [7, 11) is 0. The third-order valence-corrected chi connectivity index (χ3v) is 5.83. The molecule has 0 bridgehead atoms. The molecule has 2 fully saturated rings. The summed E-state index contributed by atoms with van der Waals surface area (Å²) in [6.07, 6.45) is 8.60. The van der Waals surface area contributed by atoms with Gasteiger partial charge in [0.25, 0.3) is 5.91 Å². The monoisotopic (exact) mass is 343 g/mol. The van der Waals surface area contributed by atoms with Gasteiger partial charge in [-0.25, -0.2) is 0 Å². The molecule has 3 rings (SSSR count). The van der Waals surface area contributed by atoms with Gasteiger partial charge >= 0.3 is 0 Å². The van der Waals surface area contributed by atoms with Gasteiger partial charge in [0.2, 0.25) is 5.91 Å². The highest BCUT2D eigenvalue weighted by molar-refractivity contribution is 5.92. The highest BCUT2D eigenvalue weighted by atomic mass is 16.2. The molecule has 1 aromatic heterocycles. The second-order valence-corrected chi connectivity index (χ2v) is 7.67. The van der Waals surface area contributed by atoms with Crippen LogP contribution in [0.1, 0.15) is 67.9 Å². The first-order valence-electron chi connectivity index (χ1n) is 9.55. The zero-order valence-electron chi connectivity index (χ0n) is 15.4. The Hall–Kier alpha value is -1.91. The molecule has 136 valence electrons. The number of aryl methyl sites for hydroxylation is 1. The van der Waals surface area contributed by atoms with E-state index in [1.54, 1.807) is 12.3 Å². The van der Waals surface area contributed by atoms with Crippen molar-refractivity contribution in [1.29, 1.82) is 0 Å². The van der Waals surface area contributed by atoms with Crippen LogP contribution < -0.4 is 5.32 Å². The SMILES string of the molecule is CCCCC(=O)N1CCC(NC(=O)c2ccc(C)cn2)C2(CCC2)C1. The molecular weight excluding hydrogens is 314 g/mol. The first kappa shape index (κ1) is 17.9. The number of nitrogens with one attached hydrogen (secondary N) is 1. The van der Waals surface area contributed by atoms with Crippen molar-refractivity contribution in [3.05, 3.63) is 29.6 Å². The highest BCUT2D eigenvalue weighted by Crippen LogP contribution is 2.47. The predicted molar refractivity (Wildman–Crippen MR) is 97.2 cm³/mol. The second kappa shape index (κ2) is 7.54. The number of rotatable bonds is 5. The van der Waals surface area contributed by atoms with Crippen LogP contribution in [-0.4, -0.2) is 40.8 Å². The number of likely N-dealkylation sites (tertiary alicyclic amines) is 1. The second-order valence-electron chi connectivity index (χ2n) is 7.67. The zero-order chi connectivity index (χ0) is 17.9. The molecule has 1 saturated heterocycles. The lowest BCUT2D eigenvalue weighted by atomic mass is 9.61. The Bertz CT molecular complexity index is 622. The van der Waals surface area contributed by atoms with E-state index in [2.05, 4.69) is 17.2 Å². The fraction of sp³-hybridized carbons (Fsp3) is 0.650. The van der Waals surface area contributed by atoms with Gasteiger partial charge in [0, 0.05) is 37.2 Å². The lowest BCUT2D eigenvalue weighted by Gasteiger charge is -2.54. The molecule has 1 aromatic rings. The maximum absolute atomic E-state index is 12.6. The molecule has 2 heterocycles. The van der Waals surface area contributed by atoms with E-state index in [1.165, 1.54) is 6.42 Å². The largest absolute Gasteiger partial charge is 0.347 e. The molecule has 1 unspecified atom stereocenters. The Morgan fingerprint density at radius 1 is 1.36 bits per heavy atom. The summed E-state index contributed by atoms with van der Waals surface area (Å²) >= 11 is 0. The third kappa shape index (κ3) is 3.86. The first-order chi connectivity index (χ1) is 12.0. The van der Waals surface area contributed by atoms with Gasteiger partial charge in [0.1, 0.15) is 5.69 Å². The molecule has 5 heteroatoms. The molecule has 1 aliphatic carbocycles. The maximum atomic E-state index is 12.6. The van der Waals surface area contributed by atoms with E-state index < -0.39 is 0 Å². The van der Waals surface area contributed by atoms with E-state index >= 15 is 0 Å². The molecule has 25 heavy (non-hydrogen) atoms. The maximum Gasteiger partial charge on any atom is 0.270 e. The van der Waals surface area contributed by atoms with E-state index in [9.17, 15) is 9.59 Å². The van der Waals surface area contributed by atoms with E-state index in [-0.39, 0.29) is 23.3 Å². The molecule has 1 saturated carbocycles. The van der Waals surface area contributed by atoms with Crippen LogP contribution in [0.5, 0.6) is 0 Å². The summed E-state index contributed by atoms with van der Waals surface area (Å²) in [5.41, 5.74) is 1.59. The number of carbonyl (C=O) groups excluding carboxylic acids is 2. The van der Waals surface area contributed by atoms with Crippen molar-refractivity contribution in [2.45, 2.75) is 64.8 Å². The minimum absolute atomic E-state index is 0.0699. The molecule has 1 N–H and O–H groups in total. The van der Waals surface area contributed by atoms with Gasteiger partial charge in [0.15, 0.2) is 0 Å². The van der Waals surface area contributed by atoms with Crippen LogP contribution in [0.15, 0.2) is 18.3 Å². The van der Waals surface area contributed by atoms with Crippen LogP contribution in [0.4, 0.5) is 0 Å². The van der Waals surface area contributed by atoms with Crippen molar-refractivity contribution in [3.63, 3.8) is 0 Å². The van der Waals surface area contributed by atoms with E-state index in [0.717, 1.165) is 50.8 Å². The lowest BCUT2D eigenvalue weighted by Crippen LogP contribution is -2.61. The quantitative estimate of drug-likeness (QED) is 0.894.